The number of aryl methyl sites for hydroxylation is 1. The Morgan fingerprint density at radius 1 is 0.829 bits per heavy atom. The van der Waals surface area contributed by atoms with Gasteiger partial charge in [0.25, 0.3) is 5.91 Å². The highest BCUT2D eigenvalue weighted by molar-refractivity contribution is 5.94. The van der Waals surface area contributed by atoms with Crippen LogP contribution < -0.4 is 24.8 Å². The summed E-state index contributed by atoms with van der Waals surface area (Å²) >= 11 is 0. The molecule has 0 saturated carbocycles. The van der Waals surface area contributed by atoms with Crippen LogP contribution in [0.4, 0.5) is 5.69 Å². The quantitative estimate of drug-likeness (QED) is 0.337. The number of benzene rings is 3. The Hall–Kier alpha value is -4.33. The van der Waals surface area contributed by atoms with Gasteiger partial charge in [-0.25, -0.2) is 0 Å². The van der Waals surface area contributed by atoms with Crippen molar-refractivity contribution in [3.63, 3.8) is 0 Å². The Balaban J connectivity index is 1.53. The molecule has 0 fully saturated rings. The Morgan fingerprint density at radius 3 is 2.34 bits per heavy atom. The fourth-order valence-corrected chi connectivity index (χ4v) is 3.43. The van der Waals surface area contributed by atoms with E-state index in [0.717, 1.165) is 11.1 Å². The fraction of sp³-hybridized carbons (Fsp3) is 0.222. The molecule has 0 saturated heterocycles. The zero-order valence-electron chi connectivity index (χ0n) is 19.9. The molecule has 0 aliphatic heterocycles. The predicted molar refractivity (Wildman–Crippen MR) is 132 cm³/mol. The third-order valence-electron chi connectivity index (χ3n) is 5.11. The van der Waals surface area contributed by atoms with Gasteiger partial charge in [0.15, 0.2) is 11.5 Å². The first kappa shape index (κ1) is 25.3. The lowest BCUT2D eigenvalue weighted by atomic mass is 10.1. The number of hydrogen-bond donors (Lipinski definition) is 2. The average molecular weight is 477 g/mol. The number of carbonyl (C=O) groups is 3. The van der Waals surface area contributed by atoms with Gasteiger partial charge < -0.3 is 24.8 Å². The molecule has 3 aromatic rings. The first-order chi connectivity index (χ1) is 16.9. The summed E-state index contributed by atoms with van der Waals surface area (Å²) in [7, 11) is 3.15. The molecule has 0 aromatic heterocycles. The zero-order chi connectivity index (χ0) is 25.2. The highest BCUT2D eigenvalue weighted by Crippen LogP contribution is 2.28. The van der Waals surface area contributed by atoms with Crippen molar-refractivity contribution in [2.45, 2.75) is 26.3 Å². The van der Waals surface area contributed by atoms with Crippen LogP contribution in [0.2, 0.25) is 0 Å². The lowest BCUT2D eigenvalue weighted by molar-refractivity contribution is -0.131. The van der Waals surface area contributed by atoms with Gasteiger partial charge in [-0.3, -0.25) is 14.4 Å². The molecule has 0 bridgehead atoms. The Bertz CT molecular complexity index is 1210. The standard InChI is InChI=1S/C27H28N2O6/c1-18(30)35-23-9-5-7-21(16-23)27(32)28-17-20-6-4-8-22(14-20)29-26(31)13-11-19-10-12-24(33-2)25(15-19)34-3/h4-10,12,14-16H,11,13,17H2,1-3H3,(H,28,32)(H,29,31). The van der Waals surface area contributed by atoms with Gasteiger partial charge in [-0.1, -0.05) is 24.3 Å². The molecule has 0 atom stereocenters. The number of amides is 2. The first-order valence-corrected chi connectivity index (χ1v) is 11.0. The summed E-state index contributed by atoms with van der Waals surface area (Å²) in [6.45, 7) is 1.57. The molecule has 0 aliphatic rings. The second kappa shape index (κ2) is 12.2. The van der Waals surface area contributed by atoms with Gasteiger partial charge >= 0.3 is 5.97 Å². The second-order valence-electron chi connectivity index (χ2n) is 7.74. The Morgan fingerprint density at radius 2 is 1.60 bits per heavy atom. The van der Waals surface area contributed by atoms with E-state index in [9.17, 15) is 14.4 Å². The maximum Gasteiger partial charge on any atom is 0.308 e. The minimum absolute atomic E-state index is 0.122. The number of ether oxygens (including phenoxy) is 3. The van der Waals surface area contributed by atoms with E-state index < -0.39 is 5.97 Å². The summed E-state index contributed by atoms with van der Waals surface area (Å²) in [5, 5.41) is 5.72. The Kier molecular flexibility index (Phi) is 8.83. The van der Waals surface area contributed by atoms with Crippen molar-refractivity contribution < 1.29 is 28.6 Å². The minimum atomic E-state index is -0.454. The number of carbonyl (C=O) groups excluding carboxylic acids is 3. The van der Waals surface area contributed by atoms with E-state index >= 15 is 0 Å². The van der Waals surface area contributed by atoms with Crippen molar-refractivity contribution in [3.05, 3.63) is 83.4 Å². The number of nitrogens with one attached hydrogen (secondary N) is 2. The molecule has 0 aliphatic carbocycles. The van der Waals surface area contributed by atoms with Crippen LogP contribution in [-0.2, 0) is 22.6 Å². The molecule has 2 amide bonds. The lowest BCUT2D eigenvalue weighted by Gasteiger charge is -2.11. The van der Waals surface area contributed by atoms with Crippen LogP contribution in [0.1, 0.15) is 34.8 Å². The summed E-state index contributed by atoms with van der Waals surface area (Å²) in [6, 6.07) is 19.2. The van der Waals surface area contributed by atoms with Gasteiger partial charge in [-0.2, -0.15) is 0 Å². The molecule has 0 heterocycles. The van der Waals surface area contributed by atoms with Gasteiger partial charge in [0.2, 0.25) is 5.91 Å². The molecule has 3 rings (SSSR count). The Labute approximate surface area is 204 Å². The van der Waals surface area contributed by atoms with E-state index in [1.807, 2.05) is 36.4 Å². The zero-order valence-corrected chi connectivity index (χ0v) is 19.9. The molecule has 0 unspecified atom stereocenters. The van der Waals surface area contributed by atoms with E-state index in [0.29, 0.717) is 41.3 Å². The molecule has 2 N–H and O–H groups in total. The number of esters is 1. The molecular formula is C27H28N2O6. The number of methoxy groups -OCH3 is 2. The smallest absolute Gasteiger partial charge is 0.308 e. The second-order valence-corrected chi connectivity index (χ2v) is 7.74. The van der Waals surface area contributed by atoms with Gasteiger partial charge in [-0.15, -0.1) is 0 Å². The van der Waals surface area contributed by atoms with Crippen molar-refractivity contribution in [2.75, 3.05) is 19.5 Å². The third-order valence-corrected chi connectivity index (χ3v) is 5.11. The SMILES string of the molecule is COc1ccc(CCC(=O)Nc2cccc(CNC(=O)c3cccc(OC(C)=O)c3)c2)cc1OC. The van der Waals surface area contributed by atoms with Crippen molar-refractivity contribution >= 4 is 23.5 Å². The molecule has 0 spiro atoms. The van der Waals surface area contributed by atoms with E-state index in [1.54, 1.807) is 38.5 Å². The molecule has 182 valence electrons. The molecular weight excluding hydrogens is 448 g/mol. The number of hydrogen-bond acceptors (Lipinski definition) is 6. The van der Waals surface area contributed by atoms with Crippen molar-refractivity contribution in [2.24, 2.45) is 0 Å². The van der Waals surface area contributed by atoms with Crippen molar-refractivity contribution in [1.82, 2.24) is 5.32 Å². The largest absolute Gasteiger partial charge is 0.493 e. The van der Waals surface area contributed by atoms with Gasteiger partial charge in [0.05, 0.1) is 14.2 Å². The van der Waals surface area contributed by atoms with Gasteiger partial charge in [0, 0.05) is 31.1 Å². The maximum absolute atomic E-state index is 12.5. The van der Waals surface area contributed by atoms with E-state index in [2.05, 4.69) is 10.6 Å². The summed E-state index contributed by atoms with van der Waals surface area (Å²) in [6.07, 6.45) is 0.851. The fourth-order valence-electron chi connectivity index (χ4n) is 3.43. The number of rotatable bonds is 10. The van der Waals surface area contributed by atoms with Crippen LogP contribution >= 0.6 is 0 Å². The van der Waals surface area contributed by atoms with Gasteiger partial charge in [0.1, 0.15) is 5.75 Å². The lowest BCUT2D eigenvalue weighted by Crippen LogP contribution is -2.23. The summed E-state index contributed by atoms with van der Waals surface area (Å²) < 4.78 is 15.6. The molecule has 8 nitrogen and oxygen atoms in total. The molecule has 0 radical (unpaired) electrons. The van der Waals surface area contributed by atoms with Crippen molar-refractivity contribution in [1.29, 1.82) is 0 Å². The van der Waals surface area contributed by atoms with Crippen LogP contribution in [-0.4, -0.2) is 32.0 Å². The summed E-state index contributed by atoms with van der Waals surface area (Å²) in [4.78, 5) is 36.1. The predicted octanol–water partition coefficient (Wildman–Crippen LogP) is 4.13. The van der Waals surface area contributed by atoms with E-state index in [4.69, 9.17) is 14.2 Å². The maximum atomic E-state index is 12.5. The summed E-state index contributed by atoms with van der Waals surface area (Å²) in [5.41, 5.74) is 2.81. The monoisotopic (exact) mass is 476 g/mol. The van der Waals surface area contributed by atoms with Crippen LogP contribution in [0.25, 0.3) is 0 Å². The van der Waals surface area contributed by atoms with Crippen molar-refractivity contribution in [3.8, 4) is 17.2 Å². The van der Waals surface area contributed by atoms with E-state index in [1.165, 1.54) is 13.0 Å². The normalized spacial score (nSPS) is 10.3. The third kappa shape index (κ3) is 7.60. The molecule has 8 heteroatoms. The van der Waals surface area contributed by atoms with Crippen LogP contribution in [0, 0.1) is 0 Å². The highest BCUT2D eigenvalue weighted by Gasteiger charge is 2.10. The van der Waals surface area contributed by atoms with Crippen LogP contribution in [0.5, 0.6) is 17.2 Å². The van der Waals surface area contributed by atoms with E-state index in [-0.39, 0.29) is 18.4 Å². The number of anilines is 1. The topological polar surface area (TPSA) is 103 Å². The van der Waals surface area contributed by atoms with Crippen LogP contribution in [0.3, 0.4) is 0 Å². The van der Waals surface area contributed by atoms with Gasteiger partial charge in [-0.05, 0) is 60.0 Å². The van der Waals surface area contributed by atoms with Crippen LogP contribution in [0.15, 0.2) is 66.7 Å². The molecule has 3 aromatic carbocycles. The summed E-state index contributed by atoms with van der Waals surface area (Å²) in [5.74, 6) is 0.694. The average Bonchev–Trinajstić information content (AvgIpc) is 2.85. The highest BCUT2D eigenvalue weighted by atomic mass is 16.5. The minimum Gasteiger partial charge on any atom is -0.493 e. The first-order valence-electron chi connectivity index (χ1n) is 11.0. The molecule has 35 heavy (non-hydrogen) atoms.